The smallest absolute Gasteiger partial charge is 0.143 e. The number of hydrogen-bond donors (Lipinski definition) is 1. The molecule has 1 aromatic heterocycles. The highest BCUT2D eigenvalue weighted by Crippen LogP contribution is 2.30. The maximum Gasteiger partial charge on any atom is 0.143 e. The first-order chi connectivity index (χ1) is 6.65. The topological polar surface area (TPSA) is 48.1 Å². The van der Waals surface area contributed by atoms with Gasteiger partial charge in [0.1, 0.15) is 10.8 Å². The molecule has 0 aliphatic rings. The van der Waals surface area contributed by atoms with E-state index in [2.05, 4.69) is 4.98 Å². The highest BCUT2D eigenvalue weighted by Gasteiger charge is 2.13. The van der Waals surface area contributed by atoms with E-state index in [9.17, 15) is 0 Å². The van der Waals surface area contributed by atoms with E-state index in [0.717, 1.165) is 27.6 Å². The fourth-order valence-corrected chi connectivity index (χ4v) is 2.26. The van der Waals surface area contributed by atoms with Gasteiger partial charge in [0.2, 0.25) is 0 Å². The van der Waals surface area contributed by atoms with Crippen LogP contribution in [0.2, 0.25) is 0 Å². The summed E-state index contributed by atoms with van der Waals surface area (Å²) in [6.07, 6.45) is 2.01. The number of hydrogen-bond acceptors (Lipinski definition) is 4. The molecule has 1 aromatic rings. The Kier molecular flexibility index (Phi) is 3.77. The van der Waals surface area contributed by atoms with E-state index in [1.807, 2.05) is 20.1 Å². The molecule has 0 saturated carbocycles. The molecular weight excluding hydrogens is 196 g/mol. The van der Waals surface area contributed by atoms with Crippen molar-refractivity contribution >= 4 is 11.8 Å². The molecule has 0 amide bonds. The quantitative estimate of drug-likeness (QED) is 0.777. The summed E-state index contributed by atoms with van der Waals surface area (Å²) in [4.78, 5) is 4.45. The molecule has 0 bridgehead atoms. The van der Waals surface area contributed by atoms with E-state index in [4.69, 9.17) is 10.5 Å². The molecule has 0 unspecified atom stereocenters. The normalized spacial score (nSPS) is 10.4. The molecule has 78 valence electrons. The number of thioether (sulfide) groups is 1. The van der Waals surface area contributed by atoms with Gasteiger partial charge in [0.15, 0.2) is 0 Å². The molecule has 0 spiro atoms. The lowest BCUT2D eigenvalue weighted by molar-refractivity contribution is 0.404. The second-order valence-corrected chi connectivity index (χ2v) is 3.84. The van der Waals surface area contributed by atoms with Gasteiger partial charge >= 0.3 is 0 Å². The lowest BCUT2D eigenvalue weighted by Crippen LogP contribution is -2.06. The second-order valence-electron chi connectivity index (χ2n) is 3.05. The number of ether oxygens (including phenoxy) is 1. The van der Waals surface area contributed by atoms with Crippen molar-refractivity contribution in [3.05, 3.63) is 16.8 Å². The number of aryl methyl sites for hydroxylation is 1. The molecule has 0 fully saturated rings. The lowest BCUT2D eigenvalue weighted by atomic mass is 10.1. The van der Waals surface area contributed by atoms with E-state index in [-0.39, 0.29) is 0 Å². The standard InChI is InChI=1S/C10H16N2OS/c1-6-8(5-11)10(14-4)12-7(2)9(6)13-3/h5,11H2,1-4H3. The molecule has 0 aliphatic heterocycles. The number of nitrogens with two attached hydrogens (primary N) is 1. The molecule has 4 heteroatoms. The number of methoxy groups -OCH3 is 1. The Bertz CT molecular complexity index is 339. The summed E-state index contributed by atoms with van der Waals surface area (Å²) in [5.74, 6) is 0.850. The van der Waals surface area contributed by atoms with Gasteiger partial charge < -0.3 is 10.5 Å². The summed E-state index contributed by atoms with van der Waals surface area (Å²) in [5, 5.41) is 1.00. The van der Waals surface area contributed by atoms with Gasteiger partial charge in [0.25, 0.3) is 0 Å². The first-order valence-corrected chi connectivity index (χ1v) is 5.66. The molecule has 0 radical (unpaired) electrons. The molecule has 3 nitrogen and oxygen atoms in total. The molecule has 2 N–H and O–H groups in total. The minimum Gasteiger partial charge on any atom is -0.495 e. The predicted molar refractivity (Wildman–Crippen MR) is 59.9 cm³/mol. The van der Waals surface area contributed by atoms with Crippen molar-refractivity contribution in [1.29, 1.82) is 0 Å². The van der Waals surface area contributed by atoms with Crippen LogP contribution in [0.25, 0.3) is 0 Å². The molecule has 14 heavy (non-hydrogen) atoms. The molecule has 1 rings (SSSR count). The van der Waals surface area contributed by atoms with Crippen molar-refractivity contribution in [2.45, 2.75) is 25.4 Å². The number of rotatable bonds is 3. The summed E-state index contributed by atoms with van der Waals surface area (Å²) in [6, 6.07) is 0. The van der Waals surface area contributed by atoms with Gasteiger partial charge in [0, 0.05) is 17.7 Å². The third-order valence-electron chi connectivity index (χ3n) is 2.25. The van der Waals surface area contributed by atoms with Crippen LogP contribution in [0.5, 0.6) is 5.75 Å². The maximum atomic E-state index is 5.69. The van der Waals surface area contributed by atoms with E-state index < -0.39 is 0 Å². The van der Waals surface area contributed by atoms with Crippen molar-refractivity contribution in [3.63, 3.8) is 0 Å². The van der Waals surface area contributed by atoms with Gasteiger partial charge in [-0.3, -0.25) is 0 Å². The average molecular weight is 212 g/mol. The van der Waals surface area contributed by atoms with Crippen LogP contribution in [-0.2, 0) is 6.54 Å². The SMILES string of the molecule is COc1c(C)nc(SC)c(CN)c1C. The Morgan fingerprint density at radius 3 is 2.50 bits per heavy atom. The first kappa shape index (κ1) is 11.3. The van der Waals surface area contributed by atoms with Crippen molar-refractivity contribution in [2.24, 2.45) is 5.73 Å². The molecule has 0 saturated heterocycles. The Morgan fingerprint density at radius 1 is 1.43 bits per heavy atom. The summed E-state index contributed by atoms with van der Waals surface area (Å²) in [6.45, 7) is 4.48. The molecular formula is C10H16N2OS. The monoisotopic (exact) mass is 212 g/mol. The van der Waals surface area contributed by atoms with Crippen LogP contribution >= 0.6 is 11.8 Å². The maximum absolute atomic E-state index is 5.69. The molecule has 0 aliphatic carbocycles. The van der Waals surface area contributed by atoms with Crippen LogP contribution in [0.3, 0.4) is 0 Å². The molecule has 0 atom stereocenters. The van der Waals surface area contributed by atoms with E-state index in [0.29, 0.717) is 6.54 Å². The highest BCUT2D eigenvalue weighted by molar-refractivity contribution is 7.98. The Labute approximate surface area is 89.1 Å². The van der Waals surface area contributed by atoms with E-state index >= 15 is 0 Å². The fraction of sp³-hybridized carbons (Fsp3) is 0.500. The van der Waals surface area contributed by atoms with Crippen LogP contribution in [0, 0.1) is 13.8 Å². The van der Waals surface area contributed by atoms with Gasteiger partial charge in [-0.25, -0.2) is 4.98 Å². The third kappa shape index (κ3) is 1.86. The average Bonchev–Trinajstić information content (AvgIpc) is 2.17. The zero-order valence-corrected chi connectivity index (χ0v) is 9.86. The predicted octanol–water partition coefficient (Wildman–Crippen LogP) is 1.89. The summed E-state index contributed by atoms with van der Waals surface area (Å²) in [5.41, 5.74) is 8.80. The molecule has 0 aromatic carbocycles. The van der Waals surface area contributed by atoms with Crippen molar-refractivity contribution < 1.29 is 4.74 Å². The summed E-state index contributed by atoms with van der Waals surface area (Å²) >= 11 is 1.62. The van der Waals surface area contributed by atoms with Gasteiger partial charge in [-0.2, -0.15) is 0 Å². The second kappa shape index (κ2) is 4.66. The highest BCUT2D eigenvalue weighted by atomic mass is 32.2. The zero-order chi connectivity index (χ0) is 10.7. The van der Waals surface area contributed by atoms with Crippen LogP contribution in [0.1, 0.15) is 16.8 Å². The summed E-state index contributed by atoms with van der Waals surface area (Å²) in [7, 11) is 1.66. The number of pyridine rings is 1. The van der Waals surface area contributed by atoms with Gasteiger partial charge in [-0.15, -0.1) is 11.8 Å². The number of nitrogens with zero attached hydrogens (tertiary/aromatic N) is 1. The first-order valence-electron chi connectivity index (χ1n) is 4.43. The largest absolute Gasteiger partial charge is 0.495 e. The van der Waals surface area contributed by atoms with Crippen LogP contribution < -0.4 is 10.5 Å². The van der Waals surface area contributed by atoms with Crippen molar-refractivity contribution in [1.82, 2.24) is 4.98 Å². The van der Waals surface area contributed by atoms with Crippen LogP contribution in [0.4, 0.5) is 0 Å². The fourth-order valence-electron chi connectivity index (χ4n) is 1.55. The summed E-state index contributed by atoms with van der Waals surface area (Å²) < 4.78 is 5.29. The third-order valence-corrected chi connectivity index (χ3v) is 2.98. The Balaban J connectivity index is 3.39. The minimum absolute atomic E-state index is 0.506. The lowest BCUT2D eigenvalue weighted by Gasteiger charge is -2.14. The minimum atomic E-state index is 0.506. The van der Waals surface area contributed by atoms with Gasteiger partial charge in [-0.1, -0.05) is 0 Å². The van der Waals surface area contributed by atoms with Crippen molar-refractivity contribution in [3.8, 4) is 5.75 Å². The van der Waals surface area contributed by atoms with Crippen LogP contribution in [-0.4, -0.2) is 18.3 Å². The number of aromatic nitrogens is 1. The van der Waals surface area contributed by atoms with Gasteiger partial charge in [-0.05, 0) is 20.1 Å². The Hall–Kier alpha value is -0.740. The van der Waals surface area contributed by atoms with E-state index in [1.165, 1.54) is 0 Å². The van der Waals surface area contributed by atoms with Crippen LogP contribution in [0.15, 0.2) is 5.03 Å². The Morgan fingerprint density at radius 2 is 2.07 bits per heavy atom. The van der Waals surface area contributed by atoms with Crippen molar-refractivity contribution in [2.75, 3.05) is 13.4 Å². The zero-order valence-electron chi connectivity index (χ0n) is 9.05. The molecule has 1 heterocycles. The van der Waals surface area contributed by atoms with Gasteiger partial charge in [0.05, 0.1) is 12.8 Å². The van der Waals surface area contributed by atoms with E-state index in [1.54, 1.807) is 18.9 Å².